The van der Waals surface area contributed by atoms with Crippen LogP contribution in [0.4, 0.5) is 5.69 Å². The first-order chi connectivity index (χ1) is 10.0. The molecule has 1 aromatic carbocycles. The number of hydrogen-bond acceptors (Lipinski definition) is 4. The average molecular weight is 290 g/mol. The third-order valence-corrected chi connectivity index (χ3v) is 3.74. The number of hydrogen-bond donors (Lipinski definition) is 0. The van der Waals surface area contributed by atoms with Crippen LogP contribution in [0.2, 0.25) is 0 Å². The van der Waals surface area contributed by atoms with E-state index in [0.717, 1.165) is 19.3 Å². The Morgan fingerprint density at radius 1 is 1.33 bits per heavy atom. The third kappa shape index (κ3) is 3.45. The molecule has 6 heteroatoms. The number of carbonyl (C=O) groups is 2. The molecule has 0 spiro atoms. The number of likely N-dealkylation sites (tertiary alicyclic amines) is 1. The van der Waals surface area contributed by atoms with Gasteiger partial charge < -0.3 is 4.90 Å². The van der Waals surface area contributed by atoms with Crippen molar-refractivity contribution in [2.24, 2.45) is 0 Å². The number of benzene rings is 1. The van der Waals surface area contributed by atoms with Crippen LogP contribution < -0.4 is 0 Å². The SMILES string of the molecule is CC(=O)CC1CCCCN1C(=O)c1ccccc1[N+](=O)[O-]. The smallest absolute Gasteiger partial charge is 0.282 e. The van der Waals surface area contributed by atoms with Crippen LogP contribution in [0.1, 0.15) is 43.0 Å². The molecule has 1 saturated heterocycles. The van der Waals surface area contributed by atoms with Crippen LogP contribution in [0.3, 0.4) is 0 Å². The van der Waals surface area contributed by atoms with E-state index in [9.17, 15) is 19.7 Å². The van der Waals surface area contributed by atoms with Gasteiger partial charge in [-0.1, -0.05) is 12.1 Å². The number of nitro benzene ring substituents is 1. The van der Waals surface area contributed by atoms with Crippen molar-refractivity contribution in [1.29, 1.82) is 0 Å². The van der Waals surface area contributed by atoms with Gasteiger partial charge in [0.05, 0.1) is 4.92 Å². The second kappa shape index (κ2) is 6.47. The molecule has 0 aliphatic carbocycles. The van der Waals surface area contributed by atoms with Gasteiger partial charge in [0.1, 0.15) is 11.3 Å². The van der Waals surface area contributed by atoms with Gasteiger partial charge in [-0.05, 0) is 32.3 Å². The van der Waals surface area contributed by atoms with Gasteiger partial charge in [0.25, 0.3) is 11.6 Å². The zero-order chi connectivity index (χ0) is 15.4. The van der Waals surface area contributed by atoms with Crippen LogP contribution in [0, 0.1) is 10.1 Å². The second-order valence-electron chi connectivity index (χ2n) is 5.33. The quantitative estimate of drug-likeness (QED) is 0.630. The van der Waals surface area contributed by atoms with Crippen molar-refractivity contribution in [1.82, 2.24) is 4.90 Å². The first-order valence-corrected chi connectivity index (χ1v) is 7.04. The Balaban J connectivity index is 2.29. The molecule has 1 amide bonds. The number of ketones is 1. The maximum Gasteiger partial charge on any atom is 0.282 e. The summed E-state index contributed by atoms with van der Waals surface area (Å²) in [4.78, 5) is 36.1. The molecule has 0 bridgehead atoms. The van der Waals surface area contributed by atoms with Crippen molar-refractivity contribution in [3.63, 3.8) is 0 Å². The van der Waals surface area contributed by atoms with Crippen LogP contribution in [0.15, 0.2) is 24.3 Å². The average Bonchev–Trinajstić information content (AvgIpc) is 2.46. The van der Waals surface area contributed by atoms with Crippen LogP contribution in [0.25, 0.3) is 0 Å². The van der Waals surface area contributed by atoms with Gasteiger partial charge in [-0.3, -0.25) is 19.7 Å². The molecule has 0 aromatic heterocycles. The highest BCUT2D eigenvalue weighted by Crippen LogP contribution is 2.26. The molecule has 1 atom stereocenters. The van der Waals surface area contributed by atoms with Gasteiger partial charge in [0, 0.05) is 25.1 Å². The lowest BCUT2D eigenvalue weighted by Crippen LogP contribution is -2.44. The van der Waals surface area contributed by atoms with E-state index in [-0.39, 0.29) is 29.0 Å². The van der Waals surface area contributed by atoms with Crippen molar-refractivity contribution in [3.05, 3.63) is 39.9 Å². The lowest BCUT2D eigenvalue weighted by atomic mass is 9.96. The normalized spacial score (nSPS) is 18.3. The first kappa shape index (κ1) is 15.2. The number of piperidine rings is 1. The van der Waals surface area contributed by atoms with Crippen molar-refractivity contribution in [2.75, 3.05) is 6.54 Å². The summed E-state index contributed by atoms with van der Waals surface area (Å²) in [6.45, 7) is 2.05. The Hall–Kier alpha value is -2.24. The van der Waals surface area contributed by atoms with E-state index in [4.69, 9.17) is 0 Å². The maximum atomic E-state index is 12.6. The summed E-state index contributed by atoms with van der Waals surface area (Å²) in [6, 6.07) is 5.81. The molecule has 0 saturated carbocycles. The maximum absolute atomic E-state index is 12.6. The molecule has 1 aliphatic rings. The molecule has 6 nitrogen and oxygen atoms in total. The number of nitrogens with zero attached hydrogens (tertiary/aromatic N) is 2. The number of Topliss-reactive ketones (excluding diaryl/α,β-unsaturated/α-hetero) is 1. The molecule has 0 N–H and O–H groups in total. The topological polar surface area (TPSA) is 80.5 Å². The van der Waals surface area contributed by atoms with E-state index in [1.165, 1.54) is 25.1 Å². The predicted octanol–water partition coefficient (Wildman–Crippen LogP) is 2.57. The van der Waals surface area contributed by atoms with Crippen molar-refractivity contribution < 1.29 is 14.5 Å². The highest BCUT2D eigenvalue weighted by molar-refractivity contribution is 5.98. The van der Waals surface area contributed by atoms with Crippen LogP contribution in [-0.4, -0.2) is 34.1 Å². The Bertz CT molecular complexity index is 571. The van der Waals surface area contributed by atoms with E-state index in [0.29, 0.717) is 13.0 Å². The summed E-state index contributed by atoms with van der Waals surface area (Å²) in [5, 5.41) is 11.0. The molecule has 1 unspecified atom stereocenters. The molecular formula is C15H18N2O4. The summed E-state index contributed by atoms with van der Waals surface area (Å²) < 4.78 is 0. The van der Waals surface area contributed by atoms with Crippen molar-refractivity contribution >= 4 is 17.4 Å². The van der Waals surface area contributed by atoms with Gasteiger partial charge in [-0.15, -0.1) is 0 Å². The highest BCUT2D eigenvalue weighted by Gasteiger charge is 2.31. The molecule has 112 valence electrons. The summed E-state index contributed by atoms with van der Waals surface area (Å²) >= 11 is 0. The number of amides is 1. The minimum atomic E-state index is -0.544. The van der Waals surface area contributed by atoms with E-state index in [2.05, 4.69) is 0 Å². The Morgan fingerprint density at radius 3 is 2.71 bits per heavy atom. The summed E-state index contributed by atoms with van der Waals surface area (Å²) in [5.74, 6) is -0.324. The number of carbonyl (C=O) groups excluding carboxylic acids is 2. The molecular weight excluding hydrogens is 272 g/mol. The minimum absolute atomic E-state index is 0.0299. The van der Waals surface area contributed by atoms with Gasteiger partial charge in [0.15, 0.2) is 0 Å². The van der Waals surface area contributed by atoms with Gasteiger partial charge in [0.2, 0.25) is 0 Å². The van der Waals surface area contributed by atoms with Gasteiger partial charge in [-0.2, -0.15) is 0 Å². The van der Waals surface area contributed by atoms with E-state index in [1.54, 1.807) is 11.0 Å². The van der Waals surface area contributed by atoms with Gasteiger partial charge in [-0.25, -0.2) is 0 Å². The molecule has 1 aliphatic heterocycles. The van der Waals surface area contributed by atoms with Gasteiger partial charge >= 0.3 is 0 Å². The zero-order valence-corrected chi connectivity index (χ0v) is 11.9. The fraction of sp³-hybridized carbons (Fsp3) is 0.467. The Kier molecular flexibility index (Phi) is 4.67. The second-order valence-corrected chi connectivity index (χ2v) is 5.33. The number of nitro groups is 1. The standard InChI is InChI=1S/C15H18N2O4/c1-11(18)10-12-6-4-5-9-16(12)15(19)13-7-2-3-8-14(13)17(20)21/h2-3,7-8,12H,4-6,9-10H2,1H3. The first-order valence-electron chi connectivity index (χ1n) is 7.04. The zero-order valence-electron chi connectivity index (χ0n) is 11.9. The fourth-order valence-electron chi connectivity index (χ4n) is 2.78. The lowest BCUT2D eigenvalue weighted by molar-refractivity contribution is -0.385. The summed E-state index contributed by atoms with van der Waals surface area (Å²) in [6.07, 6.45) is 2.91. The van der Waals surface area contributed by atoms with Crippen molar-refractivity contribution in [2.45, 2.75) is 38.6 Å². The van der Waals surface area contributed by atoms with Crippen LogP contribution >= 0.6 is 0 Å². The molecule has 1 aromatic rings. The monoisotopic (exact) mass is 290 g/mol. The molecule has 0 radical (unpaired) electrons. The third-order valence-electron chi connectivity index (χ3n) is 3.74. The number of rotatable bonds is 4. The number of para-hydroxylation sites is 1. The summed E-state index contributed by atoms with van der Waals surface area (Å²) in [7, 11) is 0. The molecule has 2 rings (SSSR count). The summed E-state index contributed by atoms with van der Waals surface area (Å²) in [5.41, 5.74) is -0.0902. The van der Waals surface area contributed by atoms with Crippen molar-refractivity contribution in [3.8, 4) is 0 Å². The van der Waals surface area contributed by atoms with Crippen LogP contribution in [0.5, 0.6) is 0 Å². The molecule has 1 heterocycles. The fourth-order valence-corrected chi connectivity index (χ4v) is 2.78. The van der Waals surface area contributed by atoms with E-state index in [1.807, 2.05) is 0 Å². The van der Waals surface area contributed by atoms with Crippen LogP contribution in [-0.2, 0) is 4.79 Å². The Morgan fingerprint density at radius 2 is 2.05 bits per heavy atom. The van der Waals surface area contributed by atoms with E-state index < -0.39 is 4.92 Å². The van der Waals surface area contributed by atoms with E-state index >= 15 is 0 Å². The minimum Gasteiger partial charge on any atom is -0.335 e. The highest BCUT2D eigenvalue weighted by atomic mass is 16.6. The molecule has 1 fully saturated rings. The largest absolute Gasteiger partial charge is 0.335 e. The Labute approximate surface area is 122 Å². The molecule has 21 heavy (non-hydrogen) atoms. The predicted molar refractivity (Wildman–Crippen MR) is 77.1 cm³/mol. The lowest BCUT2D eigenvalue weighted by Gasteiger charge is -2.35.